The molecule has 0 spiro atoms. The van der Waals surface area contributed by atoms with Gasteiger partial charge in [0.1, 0.15) is 5.75 Å². The van der Waals surface area contributed by atoms with Gasteiger partial charge >= 0.3 is 0 Å². The molecule has 0 saturated carbocycles. The van der Waals surface area contributed by atoms with Gasteiger partial charge in [-0.2, -0.15) is 0 Å². The van der Waals surface area contributed by atoms with E-state index in [1.165, 1.54) is 0 Å². The molecule has 23 heavy (non-hydrogen) atoms. The predicted octanol–water partition coefficient (Wildman–Crippen LogP) is 4.38. The predicted molar refractivity (Wildman–Crippen MR) is 92.6 cm³/mol. The number of methoxy groups -OCH3 is 1. The molecule has 3 aromatic rings. The fourth-order valence-corrected chi connectivity index (χ4v) is 2.58. The third-order valence-corrected chi connectivity index (χ3v) is 4.01. The molecule has 5 heteroatoms. The normalized spacial score (nSPS) is 10.7. The smallest absolute Gasteiger partial charge is 0.200 e. The van der Waals surface area contributed by atoms with Crippen LogP contribution in [0.2, 0.25) is 5.02 Å². The number of nitrogens with one attached hydrogen (secondary N) is 1. The van der Waals surface area contributed by atoms with Gasteiger partial charge in [-0.3, -0.25) is 4.79 Å². The minimum absolute atomic E-state index is 0.0778. The van der Waals surface area contributed by atoms with Gasteiger partial charge in [0.15, 0.2) is 11.0 Å². The number of ether oxygens (including phenoxy) is 1. The summed E-state index contributed by atoms with van der Waals surface area (Å²) in [6, 6.07) is 12.8. The molecule has 0 aliphatic rings. The summed E-state index contributed by atoms with van der Waals surface area (Å²) in [6.45, 7) is 2.27. The highest BCUT2D eigenvalue weighted by molar-refractivity contribution is 6.34. The molecule has 1 heterocycles. The van der Waals surface area contributed by atoms with E-state index in [0.717, 1.165) is 11.3 Å². The van der Waals surface area contributed by atoms with Gasteiger partial charge in [0, 0.05) is 6.54 Å². The Morgan fingerprint density at radius 3 is 2.61 bits per heavy atom. The number of hydrogen-bond donors (Lipinski definition) is 1. The summed E-state index contributed by atoms with van der Waals surface area (Å²) >= 11 is 6.13. The maximum absolute atomic E-state index is 12.4. The van der Waals surface area contributed by atoms with Crippen LogP contribution >= 0.6 is 11.6 Å². The lowest BCUT2D eigenvalue weighted by molar-refractivity contribution is 0.414. The highest BCUT2D eigenvalue weighted by Gasteiger charge is 2.12. The molecule has 0 fully saturated rings. The van der Waals surface area contributed by atoms with Gasteiger partial charge in [-0.1, -0.05) is 29.8 Å². The molecule has 1 aromatic heterocycles. The lowest BCUT2D eigenvalue weighted by Gasteiger charge is -2.10. The Bertz CT molecular complexity index is 901. The Kier molecular flexibility index (Phi) is 4.26. The van der Waals surface area contributed by atoms with Crippen molar-refractivity contribution in [3.05, 3.63) is 68.8 Å². The van der Waals surface area contributed by atoms with Gasteiger partial charge in [0.25, 0.3) is 0 Å². The van der Waals surface area contributed by atoms with E-state index in [2.05, 4.69) is 5.32 Å². The van der Waals surface area contributed by atoms with Crippen LogP contribution in [0, 0.1) is 6.92 Å². The summed E-state index contributed by atoms with van der Waals surface area (Å²) in [5.74, 6) is 1.24. The molecule has 0 bridgehead atoms. The highest BCUT2D eigenvalue weighted by Crippen LogP contribution is 2.26. The van der Waals surface area contributed by atoms with Crippen LogP contribution in [-0.4, -0.2) is 7.11 Å². The Hall–Kier alpha value is -2.46. The molecule has 0 radical (unpaired) electrons. The van der Waals surface area contributed by atoms with E-state index >= 15 is 0 Å². The number of anilines is 1. The average molecular weight is 330 g/mol. The van der Waals surface area contributed by atoms with Crippen molar-refractivity contribution in [1.29, 1.82) is 0 Å². The zero-order chi connectivity index (χ0) is 16.4. The van der Waals surface area contributed by atoms with Crippen molar-refractivity contribution in [2.75, 3.05) is 12.4 Å². The SMILES string of the molecule is COc1ccc(CNc2oc3c(Cl)cccc3c(=O)c2C)cc1. The van der Waals surface area contributed by atoms with Crippen LogP contribution in [0.4, 0.5) is 5.88 Å². The van der Waals surface area contributed by atoms with Crippen LogP contribution in [0.25, 0.3) is 11.0 Å². The molecule has 0 aliphatic carbocycles. The Morgan fingerprint density at radius 2 is 1.91 bits per heavy atom. The van der Waals surface area contributed by atoms with Crippen molar-refractivity contribution >= 4 is 28.5 Å². The van der Waals surface area contributed by atoms with Gasteiger partial charge in [0.2, 0.25) is 5.88 Å². The zero-order valence-electron chi connectivity index (χ0n) is 12.9. The number of rotatable bonds is 4. The topological polar surface area (TPSA) is 51.5 Å². The Labute approximate surface area is 138 Å². The summed E-state index contributed by atoms with van der Waals surface area (Å²) in [4.78, 5) is 12.4. The van der Waals surface area contributed by atoms with Crippen molar-refractivity contribution in [2.45, 2.75) is 13.5 Å². The van der Waals surface area contributed by atoms with Gasteiger partial charge in [-0.15, -0.1) is 0 Å². The van der Waals surface area contributed by atoms with Crippen molar-refractivity contribution in [3.8, 4) is 5.75 Å². The summed E-state index contributed by atoms with van der Waals surface area (Å²) < 4.78 is 10.9. The van der Waals surface area contributed by atoms with E-state index in [9.17, 15) is 4.79 Å². The fourth-order valence-electron chi connectivity index (χ4n) is 2.37. The summed E-state index contributed by atoms with van der Waals surface area (Å²) in [5.41, 5.74) is 1.91. The van der Waals surface area contributed by atoms with Gasteiger partial charge in [0.05, 0.1) is 23.1 Å². The van der Waals surface area contributed by atoms with Crippen LogP contribution in [-0.2, 0) is 6.54 Å². The number of benzene rings is 2. The first-order valence-electron chi connectivity index (χ1n) is 7.19. The Balaban J connectivity index is 1.91. The van der Waals surface area contributed by atoms with E-state index in [4.69, 9.17) is 20.8 Å². The van der Waals surface area contributed by atoms with Gasteiger partial charge < -0.3 is 14.5 Å². The number of halogens is 1. The quantitative estimate of drug-likeness (QED) is 0.772. The molecule has 3 rings (SSSR count). The second kappa shape index (κ2) is 6.34. The molecule has 0 unspecified atom stereocenters. The van der Waals surface area contributed by atoms with Crippen LogP contribution in [0.1, 0.15) is 11.1 Å². The second-order valence-electron chi connectivity index (χ2n) is 5.20. The summed E-state index contributed by atoms with van der Waals surface area (Å²) in [7, 11) is 1.63. The maximum atomic E-state index is 12.4. The minimum atomic E-state index is -0.0778. The minimum Gasteiger partial charge on any atom is -0.497 e. The molecule has 0 amide bonds. The molecule has 0 saturated heterocycles. The van der Waals surface area contributed by atoms with E-state index in [1.807, 2.05) is 24.3 Å². The van der Waals surface area contributed by atoms with Crippen molar-refractivity contribution in [3.63, 3.8) is 0 Å². The monoisotopic (exact) mass is 329 g/mol. The molecule has 0 atom stereocenters. The van der Waals surface area contributed by atoms with Crippen molar-refractivity contribution in [2.24, 2.45) is 0 Å². The Morgan fingerprint density at radius 1 is 1.17 bits per heavy atom. The summed E-state index contributed by atoms with van der Waals surface area (Å²) in [5, 5.41) is 4.07. The summed E-state index contributed by atoms with van der Waals surface area (Å²) in [6.07, 6.45) is 0. The fraction of sp³-hybridized carbons (Fsp3) is 0.167. The maximum Gasteiger partial charge on any atom is 0.200 e. The van der Waals surface area contributed by atoms with E-state index in [-0.39, 0.29) is 5.43 Å². The average Bonchev–Trinajstić information content (AvgIpc) is 2.58. The molecule has 118 valence electrons. The molecule has 1 N–H and O–H groups in total. The largest absolute Gasteiger partial charge is 0.497 e. The highest BCUT2D eigenvalue weighted by atomic mass is 35.5. The van der Waals surface area contributed by atoms with E-state index < -0.39 is 0 Å². The molecular weight excluding hydrogens is 314 g/mol. The van der Waals surface area contributed by atoms with Crippen molar-refractivity contribution < 1.29 is 9.15 Å². The number of fused-ring (bicyclic) bond motifs is 1. The van der Waals surface area contributed by atoms with Gasteiger partial charge in [-0.05, 0) is 36.8 Å². The van der Waals surface area contributed by atoms with Gasteiger partial charge in [-0.25, -0.2) is 0 Å². The molecule has 2 aromatic carbocycles. The van der Waals surface area contributed by atoms with Crippen LogP contribution < -0.4 is 15.5 Å². The first-order chi connectivity index (χ1) is 11.1. The third-order valence-electron chi connectivity index (χ3n) is 3.71. The standard InChI is InChI=1S/C18H16ClNO3/c1-11-16(21)14-4-3-5-15(19)17(14)23-18(11)20-10-12-6-8-13(22-2)9-7-12/h3-9,20H,10H2,1-2H3. The van der Waals surface area contributed by atoms with Crippen LogP contribution in [0.3, 0.4) is 0 Å². The first kappa shape index (κ1) is 15.4. The van der Waals surface area contributed by atoms with E-state index in [1.54, 1.807) is 32.2 Å². The van der Waals surface area contributed by atoms with Crippen LogP contribution in [0.5, 0.6) is 5.75 Å². The third kappa shape index (κ3) is 3.03. The van der Waals surface area contributed by atoms with E-state index in [0.29, 0.717) is 34.0 Å². The lowest BCUT2D eigenvalue weighted by atomic mass is 10.1. The van der Waals surface area contributed by atoms with Crippen molar-refractivity contribution in [1.82, 2.24) is 0 Å². The molecular formula is C18H16ClNO3. The number of para-hydroxylation sites is 1. The zero-order valence-corrected chi connectivity index (χ0v) is 13.6. The molecule has 0 aliphatic heterocycles. The van der Waals surface area contributed by atoms with Crippen LogP contribution in [0.15, 0.2) is 51.7 Å². The molecule has 4 nitrogen and oxygen atoms in total. The number of hydrogen-bond acceptors (Lipinski definition) is 4. The second-order valence-corrected chi connectivity index (χ2v) is 5.61. The lowest BCUT2D eigenvalue weighted by Crippen LogP contribution is -2.11. The first-order valence-corrected chi connectivity index (χ1v) is 7.56.